The van der Waals surface area contributed by atoms with Gasteiger partial charge in [0.1, 0.15) is 5.02 Å². The van der Waals surface area contributed by atoms with Crippen LogP contribution in [0.15, 0.2) is 53.6 Å². The largest absolute Gasteiger partial charge is 0.326 e. The van der Waals surface area contributed by atoms with Gasteiger partial charge in [-0.2, -0.15) is 0 Å². The number of benzene rings is 2. The maximum atomic E-state index is 12.9. The van der Waals surface area contributed by atoms with Crippen molar-refractivity contribution in [2.45, 2.75) is 11.4 Å². The van der Waals surface area contributed by atoms with Crippen LogP contribution in [-0.2, 0) is 16.6 Å². The summed E-state index contributed by atoms with van der Waals surface area (Å²) < 4.78 is 26.9. The fourth-order valence-corrected chi connectivity index (χ4v) is 4.08. The molecule has 0 saturated carbocycles. The molecule has 3 aromatic rings. The third kappa shape index (κ3) is 2.54. The minimum atomic E-state index is -4.03. The molecule has 3 rings (SSSR count). The predicted molar refractivity (Wildman–Crippen MR) is 90.5 cm³/mol. The molecular weight excluding hydrogens is 354 g/mol. The summed E-state index contributed by atoms with van der Waals surface area (Å²) in [5.41, 5.74) is 6.33. The lowest BCUT2D eigenvalue weighted by Gasteiger charge is -2.08. The zero-order valence-electron chi connectivity index (χ0n) is 12.2. The molecule has 0 atom stereocenters. The highest BCUT2D eigenvalue weighted by Gasteiger charge is 2.24. The van der Waals surface area contributed by atoms with Crippen LogP contribution in [0.25, 0.3) is 10.9 Å². The van der Waals surface area contributed by atoms with Crippen LogP contribution in [0.4, 0.5) is 5.69 Å². The fraction of sp³-hybridized carbons (Fsp3) is 0.0667. The normalized spacial score (nSPS) is 11.8. The van der Waals surface area contributed by atoms with Crippen LogP contribution in [0.1, 0.15) is 5.56 Å². The van der Waals surface area contributed by atoms with Crippen molar-refractivity contribution < 1.29 is 13.3 Å². The van der Waals surface area contributed by atoms with Crippen molar-refractivity contribution in [3.05, 3.63) is 69.4 Å². The highest BCUT2D eigenvalue weighted by atomic mass is 35.5. The van der Waals surface area contributed by atoms with E-state index >= 15 is 0 Å². The van der Waals surface area contributed by atoms with Crippen molar-refractivity contribution in [1.82, 2.24) is 3.97 Å². The summed E-state index contributed by atoms with van der Waals surface area (Å²) in [5.74, 6) is 0. The van der Waals surface area contributed by atoms with E-state index in [0.29, 0.717) is 16.5 Å². The van der Waals surface area contributed by atoms with Gasteiger partial charge in [0.15, 0.2) is 0 Å². The van der Waals surface area contributed by atoms with Gasteiger partial charge in [-0.3, -0.25) is 10.1 Å². The first-order valence-corrected chi connectivity index (χ1v) is 8.66. The van der Waals surface area contributed by atoms with E-state index in [1.165, 1.54) is 18.3 Å². The molecule has 0 fully saturated rings. The molecule has 124 valence electrons. The van der Waals surface area contributed by atoms with E-state index in [4.69, 9.17) is 17.3 Å². The Balaban J connectivity index is 2.26. The zero-order chi connectivity index (χ0) is 17.5. The third-order valence-electron chi connectivity index (χ3n) is 3.65. The first-order chi connectivity index (χ1) is 11.4. The van der Waals surface area contributed by atoms with Crippen LogP contribution in [0, 0.1) is 10.1 Å². The highest BCUT2D eigenvalue weighted by Crippen LogP contribution is 2.30. The van der Waals surface area contributed by atoms with Gasteiger partial charge in [0.2, 0.25) is 0 Å². The van der Waals surface area contributed by atoms with Gasteiger partial charge in [-0.15, -0.1) is 0 Å². The van der Waals surface area contributed by atoms with Crippen LogP contribution in [0.2, 0.25) is 5.02 Å². The van der Waals surface area contributed by atoms with Crippen LogP contribution >= 0.6 is 11.6 Å². The van der Waals surface area contributed by atoms with E-state index in [1.54, 1.807) is 24.3 Å². The number of nitrogens with zero attached hydrogens (tertiary/aromatic N) is 2. The highest BCUT2D eigenvalue weighted by molar-refractivity contribution is 7.90. The standard InChI is InChI=1S/C15H12ClN3O4S/c16-13-6-5-11(7-15(13)19(20)21)24(22,23)18-9-10(8-17)12-3-1-2-4-14(12)18/h1-7,9H,8,17H2. The smallest absolute Gasteiger partial charge is 0.289 e. The Morgan fingerprint density at radius 2 is 1.92 bits per heavy atom. The van der Waals surface area contributed by atoms with Gasteiger partial charge in [0, 0.05) is 24.2 Å². The molecule has 0 aliphatic rings. The molecule has 2 aromatic carbocycles. The molecule has 0 aliphatic carbocycles. The summed E-state index contributed by atoms with van der Waals surface area (Å²) in [7, 11) is -4.03. The number of nitro benzene ring substituents is 1. The van der Waals surface area contributed by atoms with E-state index in [1.807, 2.05) is 0 Å². The number of fused-ring (bicyclic) bond motifs is 1. The Labute approximate surface area is 142 Å². The summed E-state index contributed by atoms with van der Waals surface area (Å²) >= 11 is 5.75. The van der Waals surface area contributed by atoms with Crippen molar-refractivity contribution in [2.24, 2.45) is 5.73 Å². The SMILES string of the molecule is NCc1cn(S(=O)(=O)c2ccc(Cl)c([N+](=O)[O-])c2)c2ccccc12. The molecule has 0 spiro atoms. The van der Waals surface area contributed by atoms with Gasteiger partial charge in [-0.25, -0.2) is 12.4 Å². The quantitative estimate of drug-likeness (QED) is 0.564. The second-order valence-electron chi connectivity index (χ2n) is 5.05. The maximum absolute atomic E-state index is 12.9. The van der Waals surface area contributed by atoms with Gasteiger partial charge in [0.05, 0.1) is 15.3 Å². The van der Waals surface area contributed by atoms with Crippen LogP contribution in [0.5, 0.6) is 0 Å². The summed E-state index contributed by atoms with van der Waals surface area (Å²) in [6.07, 6.45) is 1.43. The number of nitro groups is 1. The van der Waals surface area contributed by atoms with Gasteiger partial charge in [-0.05, 0) is 23.8 Å². The van der Waals surface area contributed by atoms with E-state index in [2.05, 4.69) is 0 Å². The van der Waals surface area contributed by atoms with Crippen molar-refractivity contribution in [1.29, 1.82) is 0 Å². The minimum Gasteiger partial charge on any atom is -0.326 e. The number of para-hydroxylation sites is 1. The van der Waals surface area contributed by atoms with Gasteiger partial charge in [-0.1, -0.05) is 29.8 Å². The molecule has 2 N–H and O–H groups in total. The second-order valence-corrected chi connectivity index (χ2v) is 7.27. The number of halogens is 1. The van der Waals surface area contributed by atoms with Gasteiger partial charge in [0.25, 0.3) is 15.7 Å². The molecular formula is C15H12ClN3O4S. The van der Waals surface area contributed by atoms with Crippen LogP contribution in [0.3, 0.4) is 0 Å². The fourth-order valence-electron chi connectivity index (χ4n) is 2.49. The Morgan fingerprint density at radius 3 is 2.58 bits per heavy atom. The van der Waals surface area contributed by atoms with E-state index < -0.39 is 20.6 Å². The Kier molecular flexibility index (Phi) is 4.04. The number of hydrogen-bond donors (Lipinski definition) is 1. The molecule has 9 heteroatoms. The molecule has 24 heavy (non-hydrogen) atoms. The summed E-state index contributed by atoms with van der Waals surface area (Å²) in [4.78, 5) is 10.1. The lowest BCUT2D eigenvalue weighted by molar-refractivity contribution is -0.384. The molecule has 0 saturated heterocycles. The molecule has 1 aromatic heterocycles. The molecule has 0 aliphatic heterocycles. The summed E-state index contributed by atoms with van der Waals surface area (Å²) in [6.45, 7) is 0.170. The average molecular weight is 366 g/mol. The molecule has 0 radical (unpaired) electrons. The Bertz CT molecular complexity index is 1060. The number of nitrogens with two attached hydrogens (primary N) is 1. The van der Waals surface area contributed by atoms with E-state index in [-0.39, 0.29) is 16.5 Å². The lowest BCUT2D eigenvalue weighted by Crippen LogP contribution is -2.12. The van der Waals surface area contributed by atoms with Crippen molar-refractivity contribution >= 4 is 38.2 Å². The summed E-state index contributed by atoms with van der Waals surface area (Å²) in [6, 6.07) is 10.3. The third-order valence-corrected chi connectivity index (χ3v) is 5.64. The van der Waals surface area contributed by atoms with E-state index in [0.717, 1.165) is 10.0 Å². The molecule has 7 nitrogen and oxygen atoms in total. The maximum Gasteiger partial charge on any atom is 0.289 e. The van der Waals surface area contributed by atoms with Crippen molar-refractivity contribution in [3.8, 4) is 0 Å². The number of hydrogen-bond acceptors (Lipinski definition) is 5. The van der Waals surface area contributed by atoms with Crippen LogP contribution < -0.4 is 5.73 Å². The summed E-state index contributed by atoms with van der Waals surface area (Å²) in [5, 5.41) is 11.6. The van der Waals surface area contributed by atoms with Gasteiger partial charge >= 0.3 is 0 Å². The zero-order valence-corrected chi connectivity index (χ0v) is 13.8. The Morgan fingerprint density at radius 1 is 1.21 bits per heavy atom. The number of aromatic nitrogens is 1. The molecule has 0 unspecified atom stereocenters. The first kappa shape index (κ1) is 16.4. The average Bonchev–Trinajstić information content (AvgIpc) is 2.94. The molecule has 0 bridgehead atoms. The van der Waals surface area contributed by atoms with Crippen molar-refractivity contribution in [2.75, 3.05) is 0 Å². The van der Waals surface area contributed by atoms with Gasteiger partial charge < -0.3 is 5.73 Å². The molecule has 0 amide bonds. The molecule has 1 heterocycles. The predicted octanol–water partition coefficient (Wildman–Crippen LogP) is 2.90. The lowest BCUT2D eigenvalue weighted by atomic mass is 10.2. The number of rotatable bonds is 4. The van der Waals surface area contributed by atoms with Crippen LogP contribution in [-0.4, -0.2) is 17.3 Å². The first-order valence-electron chi connectivity index (χ1n) is 6.85. The Hall–Kier alpha value is -2.42. The van der Waals surface area contributed by atoms with Crippen molar-refractivity contribution in [3.63, 3.8) is 0 Å². The van der Waals surface area contributed by atoms with E-state index in [9.17, 15) is 18.5 Å². The second kappa shape index (κ2) is 5.90. The topological polar surface area (TPSA) is 108 Å². The minimum absolute atomic E-state index is 0.126. The monoisotopic (exact) mass is 365 g/mol.